The van der Waals surface area contributed by atoms with Gasteiger partial charge in [-0.15, -0.1) is 0 Å². The first-order chi connectivity index (χ1) is 11.0. The average Bonchev–Trinajstić information content (AvgIpc) is 2.83. The van der Waals surface area contributed by atoms with E-state index in [0.29, 0.717) is 0 Å². The molecule has 1 aliphatic carbocycles. The van der Waals surface area contributed by atoms with Crippen LogP contribution in [-0.4, -0.2) is 5.91 Å². The SMILES string of the molecule is CC(=O)NC1=C(CCc2ccc(Cl)cc2)Cc2cc(Br)ccc21. The van der Waals surface area contributed by atoms with Crippen LogP contribution >= 0.6 is 27.5 Å². The number of hydrogen-bond donors (Lipinski definition) is 1. The summed E-state index contributed by atoms with van der Waals surface area (Å²) in [4.78, 5) is 11.6. The lowest BCUT2D eigenvalue weighted by Gasteiger charge is -2.09. The van der Waals surface area contributed by atoms with Crippen molar-refractivity contribution in [2.24, 2.45) is 0 Å². The third kappa shape index (κ3) is 3.85. The van der Waals surface area contributed by atoms with E-state index in [9.17, 15) is 4.79 Å². The van der Waals surface area contributed by atoms with Gasteiger partial charge in [0, 0.05) is 27.7 Å². The van der Waals surface area contributed by atoms with E-state index >= 15 is 0 Å². The Morgan fingerprint density at radius 2 is 1.91 bits per heavy atom. The summed E-state index contributed by atoms with van der Waals surface area (Å²) in [6, 6.07) is 14.2. The first kappa shape index (κ1) is 16.3. The van der Waals surface area contributed by atoms with Gasteiger partial charge < -0.3 is 5.32 Å². The molecule has 3 rings (SSSR count). The molecule has 2 aromatic carbocycles. The summed E-state index contributed by atoms with van der Waals surface area (Å²) < 4.78 is 1.07. The third-order valence-corrected chi connectivity index (χ3v) is 4.77. The summed E-state index contributed by atoms with van der Waals surface area (Å²) in [6.07, 6.45) is 2.74. The van der Waals surface area contributed by atoms with Crippen LogP contribution in [0.4, 0.5) is 0 Å². The van der Waals surface area contributed by atoms with E-state index in [1.807, 2.05) is 18.2 Å². The highest BCUT2D eigenvalue weighted by molar-refractivity contribution is 9.10. The standard InChI is InChI=1S/C19H17BrClNO/c1-12(23)22-19-14(5-2-13-3-7-17(21)8-4-13)10-15-11-16(20)6-9-18(15)19/h3-4,6-9,11H,2,5,10H2,1H3,(H,22,23). The Bertz CT molecular complexity index is 780. The summed E-state index contributed by atoms with van der Waals surface area (Å²) >= 11 is 9.45. The maximum Gasteiger partial charge on any atom is 0.221 e. The Labute approximate surface area is 149 Å². The molecule has 1 aliphatic rings. The molecule has 0 spiro atoms. The Morgan fingerprint density at radius 1 is 1.17 bits per heavy atom. The zero-order valence-corrected chi connectivity index (χ0v) is 15.2. The molecular formula is C19H17BrClNO. The van der Waals surface area contributed by atoms with Gasteiger partial charge in [0.15, 0.2) is 0 Å². The van der Waals surface area contributed by atoms with Crippen molar-refractivity contribution < 1.29 is 4.79 Å². The molecule has 0 bridgehead atoms. The summed E-state index contributed by atoms with van der Waals surface area (Å²) in [5.74, 6) is -0.0280. The molecule has 2 nitrogen and oxygen atoms in total. The molecule has 0 heterocycles. The van der Waals surface area contributed by atoms with Crippen molar-refractivity contribution in [3.05, 3.63) is 74.2 Å². The van der Waals surface area contributed by atoms with Gasteiger partial charge >= 0.3 is 0 Å². The average molecular weight is 391 g/mol. The van der Waals surface area contributed by atoms with Crippen LogP contribution in [-0.2, 0) is 17.6 Å². The molecule has 0 radical (unpaired) electrons. The number of allylic oxidation sites excluding steroid dienone is 1. The number of carbonyl (C=O) groups excluding carboxylic acids is 1. The van der Waals surface area contributed by atoms with Gasteiger partial charge in [-0.05, 0) is 60.2 Å². The van der Waals surface area contributed by atoms with Crippen molar-refractivity contribution in [3.63, 3.8) is 0 Å². The second-order valence-corrected chi connectivity index (χ2v) is 7.12. The minimum absolute atomic E-state index is 0.0280. The fraction of sp³-hybridized carbons (Fsp3) is 0.211. The normalized spacial score (nSPS) is 13.2. The van der Waals surface area contributed by atoms with E-state index in [1.165, 1.54) is 16.7 Å². The van der Waals surface area contributed by atoms with Crippen LogP contribution in [0.5, 0.6) is 0 Å². The molecule has 0 unspecified atom stereocenters. The first-order valence-corrected chi connectivity index (χ1v) is 8.73. The molecule has 0 aromatic heterocycles. The quantitative estimate of drug-likeness (QED) is 0.769. The number of benzene rings is 2. The van der Waals surface area contributed by atoms with Gasteiger partial charge in [-0.25, -0.2) is 0 Å². The van der Waals surface area contributed by atoms with Crippen LogP contribution in [0.15, 0.2) is 52.5 Å². The number of hydrogen-bond acceptors (Lipinski definition) is 1. The topological polar surface area (TPSA) is 29.1 Å². The monoisotopic (exact) mass is 389 g/mol. The van der Waals surface area contributed by atoms with Crippen molar-refractivity contribution in [1.29, 1.82) is 0 Å². The van der Waals surface area contributed by atoms with Gasteiger partial charge in [-0.2, -0.15) is 0 Å². The molecule has 0 aliphatic heterocycles. The fourth-order valence-electron chi connectivity index (χ4n) is 2.95. The minimum Gasteiger partial charge on any atom is -0.326 e. The number of nitrogens with one attached hydrogen (secondary N) is 1. The molecular weight excluding hydrogens is 374 g/mol. The molecule has 4 heteroatoms. The number of fused-ring (bicyclic) bond motifs is 1. The zero-order chi connectivity index (χ0) is 16.4. The molecule has 118 valence electrons. The molecule has 23 heavy (non-hydrogen) atoms. The van der Waals surface area contributed by atoms with Crippen molar-refractivity contribution in [1.82, 2.24) is 5.32 Å². The van der Waals surface area contributed by atoms with E-state index < -0.39 is 0 Å². The number of rotatable bonds is 4. The highest BCUT2D eigenvalue weighted by Gasteiger charge is 2.22. The van der Waals surface area contributed by atoms with E-state index in [-0.39, 0.29) is 5.91 Å². The number of halogens is 2. The largest absolute Gasteiger partial charge is 0.326 e. The summed E-state index contributed by atoms with van der Waals surface area (Å²) in [5.41, 5.74) is 5.90. The van der Waals surface area contributed by atoms with Crippen LogP contribution in [0, 0.1) is 0 Å². The van der Waals surface area contributed by atoms with Gasteiger partial charge in [0.2, 0.25) is 5.91 Å². The Morgan fingerprint density at radius 3 is 2.61 bits per heavy atom. The van der Waals surface area contributed by atoms with Gasteiger partial charge in [-0.3, -0.25) is 4.79 Å². The minimum atomic E-state index is -0.0280. The maximum absolute atomic E-state index is 11.6. The number of carbonyl (C=O) groups is 1. The Kier molecular flexibility index (Phi) is 4.88. The van der Waals surface area contributed by atoms with Gasteiger partial charge in [0.25, 0.3) is 0 Å². The van der Waals surface area contributed by atoms with Crippen LogP contribution in [0.2, 0.25) is 5.02 Å². The van der Waals surface area contributed by atoms with E-state index in [4.69, 9.17) is 11.6 Å². The lowest BCUT2D eigenvalue weighted by atomic mass is 10.0. The second-order valence-electron chi connectivity index (χ2n) is 5.76. The van der Waals surface area contributed by atoms with Gasteiger partial charge in [0.05, 0.1) is 0 Å². The second kappa shape index (κ2) is 6.90. The maximum atomic E-state index is 11.6. The predicted molar refractivity (Wildman–Crippen MR) is 98.4 cm³/mol. The fourth-order valence-corrected chi connectivity index (χ4v) is 3.49. The predicted octanol–water partition coefficient (Wildman–Crippen LogP) is 5.14. The summed E-state index contributed by atoms with van der Waals surface area (Å²) in [7, 11) is 0. The molecule has 2 aromatic rings. The van der Waals surface area contributed by atoms with Crippen LogP contribution in [0.1, 0.15) is 30.0 Å². The summed E-state index contributed by atoms with van der Waals surface area (Å²) in [6.45, 7) is 1.56. The molecule has 0 atom stereocenters. The number of amides is 1. The summed E-state index contributed by atoms with van der Waals surface area (Å²) in [5, 5.41) is 3.77. The van der Waals surface area contributed by atoms with E-state index in [0.717, 1.165) is 40.0 Å². The van der Waals surface area contributed by atoms with E-state index in [1.54, 1.807) is 6.92 Å². The van der Waals surface area contributed by atoms with Crippen molar-refractivity contribution in [2.45, 2.75) is 26.2 Å². The zero-order valence-electron chi connectivity index (χ0n) is 12.8. The molecule has 0 saturated heterocycles. The highest BCUT2D eigenvalue weighted by atomic mass is 79.9. The van der Waals surface area contributed by atoms with Crippen molar-refractivity contribution >= 4 is 39.1 Å². The van der Waals surface area contributed by atoms with Gasteiger partial charge in [-0.1, -0.05) is 45.7 Å². The molecule has 1 N–H and O–H groups in total. The molecule has 0 saturated carbocycles. The molecule has 0 fully saturated rings. The van der Waals surface area contributed by atoms with Crippen LogP contribution < -0.4 is 5.32 Å². The number of aryl methyl sites for hydroxylation is 1. The van der Waals surface area contributed by atoms with Crippen molar-refractivity contribution in [2.75, 3.05) is 0 Å². The van der Waals surface area contributed by atoms with Crippen molar-refractivity contribution in [3.8, 4) is 0 Å². The third-order valence-electron chi connectivity index (χ3n) is 4.02. The lowest BCUT2D eigenvalue weighted by Crippen LogP contribution is -2.18. The first-order valence-electron chi connectivity index (χ1n) is 7.56. The van der Waals surface area contributed by atoms with Crippen LogP contribution in [0.25, 0.3) is 5.70 Å². The van der Waals surface area contributed by atoms with Gasteiger partial charge in [0.1, 0.15) is 0 Å². The lowest BCUT2D eigenvalue weighted by molar-refractivity contribution is -0.117. The highest BCUT2D eigenvalue weighted by Crippen LogP contribution is 2.35. The Hall–Kier alpha value is -1.58. The smallest absolute Gasteiger partial charge is 0.221 e. The molecule has 1 amide bonds. The van der Waals surface area contributed by atoms with Crippen LogP contribution in [0.3, 0.4) is 0 Å². The van der Waals surface area contributed by atoms with E-state index in [2.05, 4.69) is 45.5 Å². The Balaban J connectivity index is 1.83.